The quantitative estimate of drug-likeness (QED) is 0.552. The lowest BCUT2D eigenvalue weighted by Gasteiger charge is -2.58. The zero-order valence-electron chi connectivity index (χ0n) is 17.8. The van der Waals surface area contributed by atoms with Gasteiger partial charge in [0.2, 0.25) is 0 Å². The summed E-state index contributed by atoms with van der Waals surface area (Å²) in [4.78, 5) is 0. The first-order valence-corrected chi connectivity index (χ1v) is 11.7. The van der Waals surface area contributed by atoms with Crippen LogP contribution in [0.15, 0.2) is 11.6 Å². The van der Waals surface area contributed by atoms with Gasteiger partial charge in [-0.2, -0.15) is 13.2 Å². The molecule has 0 radical (unpaired) electrons. The Balaban J connectivity index is 1.43. The molecule has 29 heavy (non-hydrogen) atoms. The Morgan fingerprint density at radius 2 is 1.86 bits per heavy atom. The second kappa shape index (κ2) is 7.55. The van der Waals surface area contributed by atoms with E-state index in [-0.39, 0.29) is 23.4 Å². The number of aliphatic hydroxyl groups is 2. The van der Waals surface area contributed by atoms with Crippen LogP contribution < -0.4 is 0 Å². The van der Waals surface area contributed by atoms with Crippen LogP contribution in [-0.2, 0) is 0 Å². The third kappa shape index (κ3) is 3.69. The number of hydrogen-bond donors (Lipinski definition) is 2. The van der Waals surface area contributed by atoms with E-state index in [4.69, 9.17) is 0 Å². The largest absolute Gasteiger partial charge is 0.414 e. The summed E-state index contributed by atoms with van der Waals surface area (Å²) in [6.45, 7) is 4.83. The van der Waals surface area contributed by atoms with Crippen LogP contribution in [-0.4, -0.2) is 28.6 Å². The predicted molar refractivity (Wildman–Crippen MR) is 107 cm³/mol. The van der Waals surface area contributed by atoms with E-state index in [0.29, 0.717) is 30.1 Å². The molecule has 4 aliphatic rings. The molecule has 166 valence electrons. The van der Waals surface area contributed by atoms with Crippen molar-refractivity contribution in [3.8, 4) is 0 Å². The third-order valence-electron chi connectivity index (χ3n) is 9.68. The molecule has 0 aromatic heterocycles. The van der Waals surface area contributed by atoms with Crippen LogP contribution in [0.2, 0.25) is 0 Å². The maximum atomic E-state index is 12.6. The van der Waals surface area contributed by atoms with Crippen LogP contribution in [0.3, 0.4) is 0 Å². The average Bonchev–Trinajstić information content (AvgIpc) is 2.98. The van der Waals surface area contributed by atoms with Crippen molar-refractivity contribution in [3.05, 3.63) is 11.6 Å². The molecule has 0 aromatic carbocycles. The lowest BCUT2D eigenvalue weighted by Crippen LogP contribution is -2.50. The minimum atomic E-state index is -4.49. The Kier molecular flexibility index (Phi) is 5.64. The monoisotopic (exact) mass is 414 g/mol. The van der Waals surface area contributed by atoms with E-state index in [1.807, 2.05) is 0 Å². The van der Waals surface area contributed by atoms with Crippen molar-refractivity contribution < 1.29 is 23.4 Å². The summed E-state index contributed by atoms with van der Waals surface area (Å²) in [7, 11) is 0. The molecule has 4 rings (SSSR count). The Morgan fingerprint density at radius 1 is 1.10 bits per heavy atom. The topological polar surface area (TPSA) is 40.5 Å². The number of allylic oxidation sites excluding steroid dienone is 1. The Bertz CT molecular complexity index is 645. The third-order valence-corrected chi connectivity index (χ3v) is 9.68. The molecule has 0 amide bonds. The zero-order chi connectivity index (χ0) is 21.0. The second-order valence-electron chi connectivity index (χ2n) is 11.0. The van der Waals surface area contributed by atoms with E-state index in [0.717, 1.165) is 38.5 Å². The molecule has 8 atom stereocenters. The molecule has 0 saturated heterocycles. The highest BCUT2D eigenvalue weighted by atomic mass is 19.4. The number of fused-ring (bicyclic) bond motifs is 5. The van der Waals surface area contributed by atoms with Crippen molar-refractivity contribution in [2.45, 2.75) is 103 Å². The van der Waals surface area contributed by atoms with Gasteiger partial charge >= 0.3 is 6.18 Å². The first kappa shape index (κ1) is 21.7. The van der Waals surface area contributed by atoms with Crippen LogP contribution in [0.25, 0.3) is 0 Å². The molecular weight excluding hydrogens is 377 g/mol. The van der Waals surface area contributed by atoms with Gasteiger partial charge in [0.05, 0.1) is 6.10 Å². The standard InChI is InChI=1S/C24H37F3O2/c1-22-13-11-20-18(8-6-16-14-17(28)10-12-23(16,20)2)19(22)9-7-15(22)4-3-5-21(29)24(25,26)27/h6,15,17-21,28-29H,3-5,7-14H2,1-2H3/t15-,17?,18?,19-,20?,21?,22?,23?/m0/s1. The molecular formula is C24H37F3O2. The van der Waals surface area contributed by atoms with E-state index < -0.39 is 12.3 Å². The number of aliphatic hydroxyl groups excluding tert-OH is 2. The Morgan fingerprint density at radius 3 is 2.59 bits per heavy atom. The summed E-state index contributed by atoms with van der Waals surface area (Å²) in [5, 5.41) is 19.4. The minimum absolute atomic E-state index is 0.167. The highest BCUT2D eigenvalue weighted by Gasteiger charge is 2.58. The van der Waals surface area contributed by atoms with Crippen molar-refractivity contribution in [1.29, 1.82) is 0 Å². The highest BCUT2D eigenvalue weighted by Crippen LogP contribution is 2.66. The van der Waals surface area contributed by atoms with Crippen molar-refractivity contribution >= 4 is 0 Å². The van der Waals surface area contributed by atoms with Crippen molar-refractivity contribution in [2.24, 2.45) is 34.5 Å². The molecule has 0 spiro atoms. The lowest BCUT2D eigenvalue weighted by atomic mass is 9.47. The first-order valence-electron chi connectivity index (χ1n) is 11.7. The van der Waals surface area contributed by atoms with Gasteiger partial charge in [0.15, 0.2) is 0 Å². The second-order valence-corrected chi connectivity index (χ2v) is 11.0. The van der Waals surface area contributed by atoms with E-state index >= 15 is 0 Å². The van der Waals surface area contributed by atoms with Crippen LogP contribution >= 0.6 is 0 Å². The van der Waals surface area contributed by atoms with Gasteiger partial charge in [0.25, 0.3) is 0 Å². The molecule has 5 heteroatoms. The van der Waals surface area contributed by atoms with Crippen molar-refractivity contribution in [2.75, 3.05) is 0 Å². The molecule has 3 saturated carbocycles. The summed E-state index contributed by atoms with van der Waals surface area (Å²) in [6, 6.07) is 0. The van der Waals surface area contributed by atoms with Crippen LogP contribution in [0, 0.1) is 34.5 Å². The van der Waals surface area contributed by atoms with E-state index in [9.17, 15) is 23.4 Å². The van der Waals surface area contributed by atoms with Gasteiger partial charge in [-0.05, 0) is 98.7 Å². The van der Waals surface area contributed by atoms with Gasteiger partial charge in [0, 0.05) is 0 Å². The normalized spacial score (nSPS) is 45.8. The van der Waals surface area contributed by atoms with Crippen molar-refractivity contribution in [1.82, 2.24) is 0 Å². The van der Waals surface area contributed by atoms with Crippen LogP contribution in [0.4, 0.5) is 13.2 Å². The van der Waals surface area contributed by atoms with E-state index in [1.54, 1.807) is 0 Å². The maximum Gasteiger partial charge on any atom is 0.414 e. The number of alkyl halides is 3. The first-order chi connectivity index (χ1) is 13.6. The SMILES string of the molecule is CC12CCC(O)CC1=CCC1C2CCC2(C)[C@@H](CCCC(O)C(F)(F)F)CC[C@@H]12. The summed E-state index contributed by atoms with van der Waals surface area (Å²) < 4.78 is 37.8. The minimum Gasteiger partial charge on any atom is -0.393 e. The molecule has 2 nitrogen and oxygen atoms in total. The highest BCUT2D eigenvalue weighted by molar-refractivity contribution is 5.25. The Hall–Kier alpha value is -0.550. The van der Waals surface area contributed by atoms with Gasteiger partial charge in [-0.15, -0.1) is 0 Å². The van der Waals surface area contributed by atoms with Crippen LogP contribution in [0.1, 0.15) is 84.5 Å². The fraction of sp³-hybridized carbons (Fsp3) is 0.917. The maximum absolute atomic E-state index is 12.6. The molecule has 3 fully saturated rings. The summed E-state index contributed by atoms with van der Waals surface area (Å²) >= 11 is 0. The van der Waals surface area contributed by atoms with E-state index in [2.05, 4.69) is 19.9 Å². The molecule has 0 aliphatic heterocycles. The molecule has 0 heterocycles. The summed E-state index contributed by atoms with van der Waals surface area (Å²) in [5.41, 5.74) is 1.95. The molecule has 0 bridgehead atoms. The zero-order valence-corrected chi connectivity index (χ0v) is 17.8. The molecule has 2 N–H and O–H groups in total. The predicted octanol–water partition coefficient (Wildman–Crippen LogP) is 6.02. The van der Waals surface area contributed by atoms with Gasteiger partial charge in [-0.1, -0.05) is 31.9 Å². The summed E-state index contributed by atoms with van der Waals surface area (Å²) in [6.07, 6.45) is 5.35. The Labute approximate surface area is 173 Å². The van der Waals surface area contributed by atoms with Gasteiger partial charge in [0.1, 0.15) is 6.10 Å². The molecule has 6 unspecified atom stereocenters. The van der Waals surface area contributed by atoms with Crippen LogP contribution in [0.5, 0.6) is 0 Å². The number of halogens is 3. The molecule has 4 aliphatic carbocycles. The smallest absolute Gasteiger partial charge is 0.393 e. The number of rotatable bonds is 4. The fourth-order valence-corrected chi connectivity index (χ4v) is 7.95. The van der Waals surface area contributed by atoms with E-state index in [1.165, 1.54) is 24.8 Å². The fourth-order valence-electron chi connectivity index (χ4n) is 7.95. The average molecular weight is 415 g/mol. The van der Waals surface area contributed by atoms with Gasteiger partial charge in [-0.25, -0.2) is 0 Å². The number of hydrogen-bond acceptors (Lipinski definition) is 2. The molecule has 0 aromatic rings. The van der Waals surface area contributed by atoms with Crippen molar-refractivity contribution in [3.63, 3.8) is 0 Å². The lowest BCUT2D eigenvalue weighted by molar-refractivity contribution is -0.205. The van der Waals surface area contributed by atoms with Gasteiger partial charge in [-0.3, -0.25) is 0 Å². The summed E-state index contributed by atoms with van der Waals surface area (Å²) in [5.74, 6) is 2.53. The van der Waals surface area contributed by atoms with Gasteiger partial charge < -0.3 is 10.2 Å².